The van der Waals surface area contributed by atoms with E-state index in [9.17, 15) is 19.7 Å². The van der Waals surface area contributed by atoms with Crippen molar-refractivity contribution < 1.29 is 18.9 Å². The number of hydrogen-bond acceptors (Lipinski definition) is 9. The zero-order chi connectivity index (χ0) is 26.3. The lowest BCUT2D eigenvalue weighted by molar-refractivity contribution is -0.384. The maximum Gasteiger partial charge on any atom is 0.338 e. The highest BCUT2D eigenvalue weighted by molar-refractivity contribution is 7.10. The van der Waals surface area contributed by atoms with Crippen LogP contribution in [0.3, 0.4) is 0 Å². The Kier molecular flexibility index (Phi) is 6.48. The van der Waals surface area contributed by atoms with Crippen molar-refractivity contribution in [1.29, 1.82) is 0 Å². The number of carbonyl (C=O) groups is 1. The van der Waals surface area contributed by atoms with E-state index < -0.39 is 16.9 Å². The normalized spacial score (nSPS) is 15.4. The van der Waals surface area contributed by atoms with Gasteiger partial charge in [0.2, 0.25) is 0 Å². The average molecular weight is 536 g/mol. The van der Waals surface area contributed by atoms with Crippen molar-refractivity contribution in [3.63, 3.8) is 0 Å². The Balaban J connectivity index is 1.61. The number of hydrogen-bond donors (Lipinski definition) is 0. The predicted molar refractivity (Wildman–Crippen MR) is 140 cm³/mol. The van der Waals surface area contributed by atoms with Gasteiger partial charge in [0.05, 0.1) is 27.3 Å². The molecular formula is C26H21N3O6S2. The summed E-state index contributed by atoms with van der Waals surface area (Å²) in [7, 11) is 0. The van der Waals surface area contributed by atoms with Crippen LogP contribution in [0.15, 0.2) is 73.3 Å². The first-order valence-corrected chi connectivity index (χ1v) is 13.1. The molecule has 0 aliphatic carbocycles. The summed E-state index contributed by atoms with van der Waals surface area (Å²) in [5, 5.41) is 13.1. The van der Waals surface area contributed by atoms with Crippen molar-refractivity contribution in [2.45, 2.75) is 26.8 Å². The van der Waals surface area contributed by atoms with Crippen molar-refractivity contribution in [3.05, 3.63) is 105 Å². The second-order valence-electron chi connectivity index (χ2n) is 8.28. The monoisotopic (exact) mass is 535 g/mol. The smallest absolute Gasteiger partial charge is 0.338 e. The molecule has 1 atom stereocenters. The van der Waals surface area contributed by atoms with Gasteiger partial charge >= 0.3 is 5.97 Å². The molecule has 0 amide bonds. The number of ether oxygens (including phenoxy) is 1. The van der Waals surface area contributed by atoms with Gasteiger partial charge in [0, 0.05) is 28.6 Å². The van der Waals surface area contributed by atoms with Crippen LogP contribution in [0.25, 0.3) is 17.4 Å². The van der Waals surface area contributed by atoms with E-state index in [4.69, 9.17) is 9.15 Å². The highest BCUT2D eigenvalue weighted by Crippen LogP contribution is 2.33. The molecule has 1 aromatic carbocycles. The molecule has 0 saturated carbocycles. The van der Waals surface area contributed by atoms with Gasteiger partial charge in [0.15, 0.2) is 4.80 Å². The van der Waals surface area contributed by atoms with Gasteiger partial charge in [-0.25, -0.2) is 9.79 Å². The number of nitro benzene ring substituents is 1. The van der Waals surface area contributed by atoms with E-state index in [2.05, 4.69) is 4.99 Å². The van der Waals surface area contributed by atoms with Crippen molar-refractivity contribution in [2.75, 3.05) is 6.61 Å². The van der Waals surface area contributed by atoms with Crippen LogP contribution in [0.2, 0.25) is 0 Å². The fourth-order valence-corrected chi connectivity index (χ4v) is 6.05. The van der Waals surface area contributed by atoms with Gasteiger partial charge in [-0.3, -0.25) is 19.5 Å². The molecule has 0 radical (unpaired) electrons. The SMILES string of the molecule is CCOC(=O)C1=C(C)N=c2sc(=Cc3ccc(-c4cc([N+](=O)[O-])ccc4C)o3)c(=O)n2C1c1cccs1. The number of thiazole rings is 1. The fraction of sp³-hybridized carbons (Fsp3) is 0.192. The van der Waals surface area contributed by atoms with Crippen LogP contribution in [0.1, 0.15) is 36.1 Å². The minimum atomic E-state index is -0.642. The summed E-state index contributed by atoms with van der Waals surface area (Å²) in [6.45, 7) is 5.52. The van der Waals surface area contributed by atoms with Crippen LogP contribution < -0.4 is 14.9 Å². The Bertz CT molecular complexity index is 1740. The van der Waals surface area contributed by atoms with Gasteiger partial charge in [-0.15, -0.1) is 11.3 Å². The molecule has 4 heterocycles. The number of furan rings is 1. The largest absolute Gasteiger partial charge is 0.463 e. The van der Waals surface area contributed by atoms with Crippen molar-refractivity contribution in [3.8, 4) is 11.3 Å². The highest BCUT2D eigenvalue weighted by Gasteiger charge is 2.33. The zero-order valence-electron chi connectivity index (χ0n) is 20.1. The first-order chi connectivity index (χ1) is 17.8. The third-order valence-electron chi connectivity index (χ3n) is 5.93. The molecule has 5 rings (SSSR count). The van der Waals surface area contributed by atoms with E-state index in [-0.39, 0.29) is 17.9 Å². The highest BCUT2D eigenvalue weighted by atomic mass is 32.1. The van der Waals surface area contributed by atoms with Crippen LogP contribution in [0, 0.1) is 17.0 Å². The molecule has 3 aromatic heterocycles. The lowest BCUT2D eigenvalue weighted by Crippen LogP contribution is -2.39. The molecule has 4 aromatic rings. The minimum absolute atomic E-state index is 0.0341. The molecule has 0 spiro atoms. The lowest BCUT2D eigenvalue weighted by atomic mass is 10.0. The van der Waals surface area contributed by atoms with Gasteiger partial charge in [0.1, 0.15) is 17.6 Å². The third kappa shape index (κ3) is 4.47. The molecule has 0 fully saturated rings. The van der Waals surface area contributed by atoms with Crippen LogP contribution in [0.4, 0.5) is 5.69 Å². The first kappa shape index (κ1) is 24.6. The van der Waals surface area contributed by atoms with Crippen molar-refractivity contribution in [1.82, 2.24) is 4.57 Å². The molecule has 9 nitrogen and oxygen atoms in total. The summed E-state index contributed by atoms with van der Waals surface area (Å²) in [5.74, 6) is 0.372. The molecular weight excluding hydrogens is 514 g/mol. The number of esters is 1. The number of aryl methyl sites for hydroxylation is 1. The summed E-state index contributed by atoms with van der Waals surface area (Å²) < 4.78 is 13.1. The second kappa shape index (κ2) is 9.75. The Hall–Kier alpha value is -4.09. The number of rotatable bonds is 6. The van der Waals surface area contributed by atoms with Gasteiger partial charge in [-0.05, 0) is 49.9 Å². The summed E-state index contributed by atoms with van der Waals surface area (Å²) >= 11 is 2.65. The maximum absolute atomic E-state index is 13.6. The standard InChI is InChI=1S/C26H21N3O6S2/c1-4-34-25(31)22-15(3)27-26-28(23(22)20-6-5-11-36-20)24(30)21(37-26)13-17-9-10-19(35-17)18-12-16(29(32)33)8-7-14(18)2/h5-13,23H,4H2,1-3H3. The van der Waals surface area contributed by atoms with Crippen molar-refractivity contribution >= 4 is 40.4 Å². The van der Waals surface area contributed by atoms with Gasteiger partial charge < -0.3 is 9.15 Å². The topological polar surface area (TPSA) is 117 Å². The number of nitro groups is 1. The molecule has 188 valence electrons. The van der Waals surface area contributed by atoms with E-state index in [0.717, 1.165) is 10.4 Å². The van der Waals surface area contributed by atoms with Gasteiger partial charge in [-0.2, -0.15) is 0 Å². The van der Waals surface area contributed by atoms with E-state index in [1.54, 1.807) is 38.1 Å². The van der Waals surface area contributed by atoms with Gasteiger partial charge in [-0.1, -0.05) is 23.5 Å². The van der Waals surface area contributed by atoms with Crippen LogP contribution >= 0.6 is 22.7 Å². The summed E-state index contributed by atoms with van der Waals surface area (Å²) in [4.78, 5) is 43.1. The molecule has 1 aliphatic rings. The number of fused-ring (bicyclic) bond motifs is 1. The van der Waals surface area contributed by atoms with E-state index in [0.29, 0.717) is 37.7 Å². The number of benzene rings is 1. The first-order valence-electron chi connectivity index (χ1n) is 11.4. The Morgan fingerprint density at radius 2 is 2.08 bits per heavy atom. The van der Waals surface area contributed by atoms with Crippen LogP contribution in [0.5, 0.6) is 0 Å². The minimum Gasteiger partial charge on any atom is -0.463 e. The third-order valence-corrected chi connectivity index (χ3v) is 7.83. The van der Waals surface area contributed by atoms with Crippen molar-refractivity contribution in [2.24, 2.45) is 4.99 Å². The molecule has 11 heteroatoms. The second-order valence-corrected chi connectivity index (χ2v) is 10.3. The maximum atomic E-state index is 13.6. The number of aromatic nitrogens is 1. The molecule has 1 unspecified atom stereocenters. The number of non-ortho nitro benzene ring substituents is 1. The lowest BCUT2D eigenvalue weighted by Gasteiger charge is -2.23. The Morgan fingerprint density at radius 1 is 1.27 bits per heavy atom. The Labute approximate surface area is 218 Å². The number of allylic oxidation sites excluding steroid dienone is 1. The predicted octanol–water partition coefficient (Wildman–Crippen LogP) is 4.34. The summed E-state index contributed by atoms with van der Waals surface area (Å²) in [6, 6.07) is 11.1. The Morgan fingerprint density at radius 3 is 2.78 bits per heavy atom. The molecule has 37 heavy (non-hydrogen) atoms. The molecule has 0 bridgehead atoms. The molecule has 0 N–H and O–H groups in total. The average Bonchev–Trinajstić information content (AvgIpc) is 3.61. The molecule has 1 aliphatic heterocycles. The summed E-state index contributed by atoms with van der Waals surface area (Å²) in [5.41, 5.74) is 1.93. The van der Waals surface area contributed by atoms with E-state index in [1.807, 2.05) is 24.4 Å². The van der Waals surface area contributed by atoms with Crippen LogP contribution in [-0.2, 0) is 9.53 Å². The zero-order valence-corrected chi connectivity index (χ0v) is 21.7. The fourth-order valence-electron chi connectivity index (χ4n) is 4.20. The molecule has 0 saturated heterocycles. The van der Waals surface area contributed by atoms with Crippen LogP contribution in [-0.4, -0.2) is 22.1 Å². The van der Waals surface area contributed by atoms with Gasteiger partial charge in [0.25, 0.3) is 11.2 Å². The number of carbonyl (C=O) groups excluding carboxylic acids is 1. The number of nitrogens with zero attached hydrogens (tertiary/aromatic N) is 3. The van der Waals surface area contributed by atoms with E-state index in [1.165, 1.54) is 39.4 Å². The quantitative estimate of drug-likeness (QED) is 0.206. The van der Waals surface area contributed by atoms with E-state index >= 15 is 0 Å². The summed E-state index contributed by atoms with van der Waals surface area (Å²) in [6.07, 6.45) is 1.62. The number of thiophene rings is 1.